The van der Waals surface area contributed by atoms with Crippen LogP contribution in [-0.4, -0.2) is 31.1 Å². The fourth-order valence-corrected chi connectivity index (χ4v) is 2.54. The van der Waals surface area contributed by atoms with Gasteiger partial charge in [0, 0.05) is 10.1 Å². The Balaban J connectivity index is 1.69. The molecule has 0 amide bonds. The first-order valence-corrected chi connectivity index (χ1v) is 7.53. The molecule has 3 heteroatoms. The van der Waals surface area contributed by atoms with Crippen LogP contribution in [0.15, 0.2) is 24.3 Å². The fourth-order valence-electron chi connectivity index (χ4n) is 2.18. The van der Waals surface area contributed by atoms with Crippen molar-refractivity contribution < 1.29 is 4.74 Å². The van der Waals surface area contributed by atoms with Crippen molar-refractivity contribution in [3.8, 4) is 5.75 Å². The lowest BCUT2D eigenvalue weighted by molar-refractivity contribution is 0.214. The highest BCUT2D eigenvalue weighted by Gasteiger charge is 2.08. The maximum absolute atomic E-state index is 5.76. The molecule has 0 bridgehead atoms. The van der Waals surface area contributed by atoms with Crippen molar-refractivity contribution in [1.29, 1.82) is 0 Å². The number of hydrogen-bond acceptors (Lipinski definition) is 2. The highest BCUT2D eigenvalue weighted by atomic mass is 127. The molecule has 0 radical (unpaired) electrons. The molecule has 0 spiro atoms. The Bertz CT molecular complexity index is 317. The molecule has 1 fully saturated rings. The third-order valence-corrected chi connectivity index (χ3v) is 3.91. The van der Waals surface area contributed by atoms with Crippen LogP contribution in [0.2, 0.25) is 0 Å². The van der Waals surface area contributed by atoms with Crippen LogP contribution >= 0.6 is 22.6 Å². The van der Waals surface area contributed by atoms with Gasteiger partial charge in [-0.15, -0.1) is 0 Å². The van der Waals surface area contributed by atoms with Gasteiger partial charge in [-0.05, 0) is 72.8 Å². The molecule has 2 nitrogen and oxygen atoms in total. The van der Waals surface area contributed by atoms with Gasteiger partial charge in [-0.25, -0.2) is 0 Å². The Kier molecular flexibility index (Phi) is 5.58. The number of ether oxygens (including phenoxy) is 1. The van der Waals surface area contributed by atoms with Crippen LogP contribution < -0.4 is 4.74 Å². The molecule has 0 atom stereocenters. The number of rotatable bonds is 4. The zero-order valence-electron chi connectivity index (χ0n) is 10.2. The van der Waals surface area contributed by atoms with Crippen molar-refractivity contribution in [3.63, 3.8) is 0 Å². The van der Waals surface area contributed by atoms with E-state index in [2.05, 4.69) is 39.6 Å². The summed E-state index contributed by atoms with van der Waals surface area (Å²) < 4.78 is 7.01. The van der Waals surface area contributed by atoms with Gasteiger partial charge in [-0.2, -0.15) is 0 Å². The maximum atomic E-state index is 5.76. The smallest absolute Gasteiger partial charge is 0.119 e. The summed E-state index contributed by atoms with van der Waals surface area (Å²) in [6.45, 7) is 4.36. The second-order valence-corrected chi connectivity index (χ2v) is 5.80. The molecule has 0 aromatic heterocycles. The monoisotopic (exact) mass is 345 g/mol. The summed E-state index contributed by atoms with van der Waals surface area (Å²) in [7, 11) is 0. The van der Waals surface area contributed by atoms with Crippen LogP contribution in [-0.2, 0) is 0 Å². The number of benzene rings is 1. The number of nitrogens with zero attached hydrogens (tertiary/aromatic N) is 1. The summed E-state index contributed by atoms with van der Waals surface area (Å²) >= 11 is 2.31. The Hall–Kier alpha value is -0.290. The highest BCUT2D eigenvalue weighted by Crippen LogP contribution is 2.14. The van der Waals surface area contributed by atoms with E-state index in [-0.39, 0.29) is 0 Å². The van der Waals surface area contributed by atoms with Gasteiger partial charge in [0.05, 0.1) is 0 Å². The van der Waals surface area contributed by atoms with E-state index in [0.717, 1.165) is 18.9 Å². The minimum atomic E-state index is 0.806. The van der Waals surface area contributed by atoms with Gasteiger partial charge in [0.1, 0.15) is 12.4 Å². The molecule has 0 aliphatic carbocycles. The van der Waals surface area contributed by atoms with E-state index in [9.17, 15) is 0 Å². The van der Waals surface area contributed by atoms with E-state index in [0.29, 0.717) is 0 Å². The number of hydrogen-bond donors (Lipinski definition) is 0. The van der Waals surface area contributed by atoms with Gasteiger partial charge < -0.3 is 4.74 Å². The molecule has 1 aliphatic rings. The topological polar surface area (TPSA) is 12.5 Å². The first kappa shape index (κ1) is 13.1. The zero-order valence-corrected chi connectivity index (χ0v) is 12.4. The second kappa shape index (κ2) is 7.21. The van der Waals surface area contributed by atoms with E-state index < -0.39 is 0 Å². The molecule has 1 aromatic rings. The van der Waals surface area contributed by atoms with Gasteiger partial charge in [-0.3, -0.25) is 4.90 Å². The summed E-state index contributed by atoms with van der Waals surface area (Å²) in [5.74, 6) is 0.986. The summed E-state index contributed by atoms with van der Waals surface area (Å²) in [4.78, 5) is 2.53. The standard InChI is InChI=1S/C14H20INO/c15-13-5-7-14(8-6-13)17-12-11-16-9-3-1-2-4-10-16/h5-8H,1-4,9-12H2. The van der Waals surface area contributed by atoms with Crippen molar-refractivity contribution in [1.82, 2.24) is 4.90 Å². The molecule has 1 saturated heterocycles. The Morgan fingerprint density at radius 2 is 1.65 bits per heavy atom. The predicted octanol–water partition coefficient (Wildman–Crippen LogP) is 3.55. The van der Waals surface area contributed by atoms with Crippen molar-refractivity contribution in [3.05, 3.63) is 27.8 Å². The first-order valence-electron chi connectivity index (χ1n) is 6.45. The number of likely N-dealkylation sites (tertiary alicyclic amines) is 1. The highest BCUT2D eigenvalue weighted by molar-refractivity contribution is 14.1. The molecule has 17 heavy (non-hydrogen) atoms. The molecular formula is C14H20INO. The fraction of sp³-hybridized carbons (Fsp3) is 0.571. The zero-order chi connectivity index (χ0) is 11.9. The second-order valence-electron chi connectivity index (χ2n) is 4.56. The predicted molar refractivity (Wildman–Crippen MR) is 79.6 cm³/mol. The Labute approximate surface area is 117 Å². The molecule has 94 valence electrons. The summed E-state index contributed by atoms with van der Waals surface area (Å²) in [6.07, 6.45) is 5.50. The molecule has 0 N–H and O–H groups in total. The van der Waals surface area contributed by atoms with Crippen LogP contribution in [0.3, 0.4) is 0 Å². The number of halogens is 1. The van der Waals surface area contributed by atoms with Gasteiger partial charge in [0.15, 0.2) is 0 Å². The molecule has 1 heterocycles. The SMILES string of the molecule is Ic1ccc(OCCN2CCCCCC2)cc1. The lowest BCUT2D eigenvalue weighted by Crippen LogP contribution is -2.29. The van der Waals surface area contributed by atoms with Crippen LogP contribution in [0.25, 0.3) is 0 Å². The lowest BCUT2D eigenvalue weighted by Gasteiger charge is -2.19. The van der Waals surface area contributed by atoms with Crippen LogP contribution in [0.4, 0.5) is 0 Å². The van der Waals surface area contributed by atoms with E-state index in [1.165, 1.54) is 42.3 Å². The molecule has 2 rings (SSSR count). The van der Waals surface area contributed by atoms with Gasteiger partial charge in [0.2, 0.25) is 0 Å². The quantitative estimate of drug-likeness (QED) is 0.774. The minimum Gasteiger partial charge on any atom is -0.492 e. The average molecular weight is 345 g/mol. The van der Waals surface area contributed by atoms with Crippen molar-refractivity contribution in [2.45, 2.75) is 25.7 Å². The largest absolute Gasteiger partial charge is 0.492 e. The molecular weight excluding hydrogens is 325 g/mol. The molecule has 0 saturated carbocycles. The minimum absolute atomic E-state index is 0.806. The molecule has 1 aliphatic heterocycles. The maximum Gasteiger partial charge on any atom is 0.119 e. The van der Waals surface area contributed by atoms with Crippen LogP contribution in [0.5, 0.6) is 5.75 Å². The lowest BCUT2D eigenvalue weighted by atomic mass is 10.2. The van der Waals surface area contributed by atoms with Crippen LogP contribution in [0.1, 0.15) is 25.7 Å². The summed E-state index contributed by atoms with van der Waals surface area (Å²) in [5, 5.41) is 0. The van der Waals surface area contributed by atoms with E-state index >= 15 is 0 Å². The third kappa shape index (κ3) is 4.84. The van der Waals surface area contributed by atoms with Crippen LogP contribution in [0, 0.1) is 3.57 Å². The Morgan fingerprint density at radius 3 is 2.29 bits per heavy atom. The third-order valence-electron chi connectivity index (χ3n) is 3.19. The van der Waals surface area contributed by atoms with Gasteiger partial charge in [-0.1, -0.05) is 12.8 Å². The van der Waals surface area contributed by atoms with Crippen molar-refractivity contribution >= 4 is 22.6 Å². The molecule has 1 aromatic carbocycles. The summed E-state index contributed by atoms with van der Waals surface area (Å²) in [6, 6.07) is 8.26. The molecule has 0 unspecified atom stereocenters. The normalized spacial score (nSPS) is 17.7. The summed E-state index contributed by atoms with van der Waals surface area (Å²) in [5.41, 5.74) is 0. The average Bonchev–Trinajstić information content (AvgIpc) is 2.60. The van der Waals surface area contributed by atoms with Crippen molar-refractivity contribution in [2.75, 3.05) is 26.2 Å². The van der Waals surface area contributed by atoms with E-state index in [1.807, 2.05) is 12.1 Å². The van der Waals surface area contributed by atoms with E-state index in [4.69, 9.17) is 4.74 Å². The van der Waals surface area contributed by atoms with E-state index in [1.54, 1.807) is 0 Å². The first-order chi connectivity index (χ1) is 8.34. The van der Waals surface area contributed by atoms with Crippen molar-refractivity contribution in [2.24, 2.45) is 0 Å². The van der Waals surface area contributed by atoms with Gasteiger partial charge in [0.25, 0.3) is 0 Å². The van der Waals surface area contributed by atoms with Gasteiger partial charge >= 0.3 is 0 Å². The Morgan fingerprint density at radius 1 is 1.00 bits per heavy atom.